The molecule has 3 rings (SSSR count). The van der Waals surface area contributed by atoms with Crippen LogP contribution in [-0.4, -0.2) is 31.4 Å². The van der Waals surface area contributed by atoms with Crippen LogP contribution in [0.1, 0.15) is 47.2 Å². The summed E-state index contributed by atoms with van der Waals surface area (Å²) in [6.45, 7) is 0.961. The normalized spacial score (nSPS) is 18.4. The van der Waals surface area contributed by atoms with Crippen molar-refractivity contribution in [2.45, 2.75) is 32.3 Å². The molecule has 0 unspecified atom stereocenters. The topological polar surface area (TPSA) is 128 Å². The minimum Gasteiger partial charge on any atom is -0.465 e. The number of ether oxygens (including phenoxy) is 2. The zero-order valence-electron chi connectivity index (χ0n) is 17.7. The Balaban J connectivity index is 1.72. The summed E-state index contributed by atoms with van der Waals surface area (Å²) in [6, 6.07) is 12.8. The van der Waals surface area contributed by atoms with Gasteiger partial charge in [-0.1, -0.05) is 18.2 Å². The maximum absolute atomic E-state index is 12.2. The Morgan fingerprint density at radius 3 is 2.35 bits per heavy atom. The molecule has 1 amide bonds. The summed E-state index contributed by atoms with van der Waals surface area (Å²) in [5, 5.41) is 7.66. The van der Waals surface area contributed by atoms with Crippen molar-refractivity contribution in [1.82, 2.24) is 0 Å². The number of carbonyl (C=O) groups is 2. The van der Waals surface area contributed by atoms with Gasteiger partial charge in [0.15, 0.2) is 0 Å². The Hall–Kier alpha value is -3.19. The third kappa shape index (κ3) is 5.92. The van der Waals surface area contributed by atoms with Crippen molar-refractivity contribution in [2.24, 2.45) is 23.3 Å². The summed E-state index contributed by atoms with van der Waals surface area (Å²) in [5.74, 6) is -0.246. The van der Waals surface area contributed by atoms with Gasteiger partial charge in [0.05, 0.1) is 19.3 Å². The number of carbonyl (C=O) groups excluding carboxylic acids is 2. The summed E-state index contributed by atoms with van der Waals surface area (Å²) in [4.78, 5) is 23.5. The number of nitrogens with one attached hydrogen (secondary N) is 1. The van der Waals surface area contributed by atoms with E-state index in [1.54, 1.807) is 18.2 Å². The van der Waals surface area contributed by atoms with E-state index in [1.165, 1.54) is 7.11 Å². The molecule has 5 N–H and O–H groups in total. The predicted molar refractivity (Wildman–Crippen MR) is 119 cm³/mol. The molecule has 0 atom stereocenters. The van der Waals surface area contributed by atoms with E-state index in [0.29, 0.717) is 30.3 Å². The SMILES string of the molecule is COC(=O)c1cc(COCC2CCC(C(N)=O)CC2)cc(-c2cccc(C(=N)N)c2)c1. The first-order valence-corrected chi connectivity index (χ1v) is 10.4. The Labute approximate surface area is 182 Å². The van der Waals surface area contributed by atoms with Crippen LogP contribution in [0.15, 0.2) is 42.5 Å². The Morgan fingerprint density at radius 2 is 1.71 bits per heavy atom. The van der Waals surface area contributed by atoms with Gasteiger partial charge in [-0.3, -0.25) is 10.2 Å². The second-order valence-electron chi connectivity index (χ2n) is 8.04. The Kier molecular flexibility index (Phi) is 7.41. The fraction of sp³-hybridized carbons (Fsp3) is 0.375. The Morgan fingerprint density at radius 1 is 1.00 bits per heavy atom. The van der Waals surface area contributed by atoms with Crippen molar-refractivity contribution in [2.75, 3.05) is 13.7 Å². The molecule has 0 radical (unpaired) electrons. The first-order chi connectivity index (χ1) is 14.9. The van der Waals surface area contributed by atoms with Gasteiger partial charge in [-0.25, -0.2) is 4.79 Å². The summed E-state index contributed by atoms with van der Waals surface area (Å²) in [6.07, 6.45) is 3.49. The van der Waals surface area contributed by atoms with E-state index in [9.17, 15) is 9.59 Å². The lowest BCUT2D eigenvalue weighted by Crippen LogP contribution is -2.28. The molecule has 2 aromatic rings. The molecule has 164 valence electrons. The second kappa shape index (κ2) is 10.2. The smallest absolute Gasteiger partial charge is 0.337 e. The van der Waals surface area contributed by atoms with Crippen molar-refractivity contribution in [3.63, 3.8) is 0 Å². The number of amides is 1. The van der Waals surface area contributed by atoms with Crippen LogP contribution in [0.3, 0.4) is 0 Å². The summed E-state index contributed by atoms with van der Waals surface area (Å²) in [5.41, 5.74) is 14.6. The lowest BCUT2D eigenvalue weighted by molar-refractivity contribution is -0.123. The highest BCUT2D eigenvalue weighted by Gasteiger charge is 2.24. The number of primary amides is 1. The summed E-state index contributed by atoms with van der Waals surface area (Å²) >= 11 is 0. The van der Waals surface area contributed by atoms with E-state index in [-0.39, 0.29) is 17.7 Å². The zero-order valence-corrected chi connectivity index (χ0v) is 17.7. The van der Waals surface area contributed by atoms with E-state index >= 15 is 0 Å². The number of nitrogen functional groups attached to an aromatic ring is 1. The molecule has 0 heterocycles. The number of amidine groups is 1. The van der Waals surface area contributed by atoms with Crippen molar-refractivity contribution < 1.29 is 19.1 Å². The van der Waals surface area contributed by atoms with E-state index in [4.69, 9.17) is 26.4 Å². The number of benzene rings is 2. The van der Waals surface area contributed by atoms with Crippen molar-refractivity contribution >= 4 is 17.7 Å². The van der Waals surface area contributed by atoms with Crippen molar-refractivity contribution in [3.8, 4) is 11.1 Å². The standard InChI is InChI=1S/C24H29N3O4/c1-30-24(29)21-10-16(14-31-13-15-5-7-17(8-6-15)23(27)28)9-20(12-21)18-3-2-4-19(11-18)22(25)26/h2-4,9-12,15,17H,5-8,13-14H2,1H3,(H3,25,26)(H2,27,28). The number of methoxy groups -OCH3 is 1. The number of hydrogen-bond donors (Lipinski definition) is 3. The predicted octanol–water partition coefficient (Wildman–Crippen LogP) is 3.23. The molecule has 2 aromatic carbocycles. The average molecular weight is 424 g/mol. The monoisotopic (exact) mass is 423 g/mol. The maximum Gasteiger partial charge on any atom is 0.337 e. The van der Waals surface area contributed by atoms with Gasteiger partial charge in [0, 0.05) is 18.1 Å². The van der Waals surface area contributed by atoms with E-state index in [0.717, 1.165) is 42.4 Å². The van der Waals surface area contributed by atoms with E-state index in [2.05, 4.69) is 0 Å². The fourth-order valence-corrected chi connectivity index (χ4v) is 4.00. The summed E-state index contributed by atoms with van der Waals surface area (Å²) < 4.78 is 10.9. The highest BCUT2D eigenvalue weighted by atomic mass is 16.5. The molecule has 7 heteroatoms. The highest BCUT2D eigenvalue weighted by molar-refractivity contribution is 5.96. The van der Waals surface area contributed by atoms with Gasteiger partial charge in [0.25, 0.3) is 0 Å². The lowest BCUT2D eigenvalue weighted by Gasteiger charge is -2.26. The van der Waals surface area contributed by atoms with Crippen LogP contribution in [0.4, 0.5) is 0 Å². The maximum atomic E-state index is 12.2. The van der Waals surface area contributed by atoms with Crippen molar-refractivity contribution in [1.29, 1.82) is 5.41 Å². The van der Waals surface area contributed by atoms with Crippen LogP contribution in [0.2, 0.25) is 0 Å². The third-order valence-electron chi connectivity index (χ3n) is 5.79. The molecule has 1 fully saturated rings. The molecule has 1 aliphatic rings. The first-order valence-electron chi connectivity index (χ1n) is 10.4. The van der Waals surface area contributed by atoms with Crippen LogP contribution in [-0.2, 0) is 20.9 Å². The van der Waals surface area contributed by atoms with Crippen LogP contribution in [0.25, 0.3) is 11.1 Å². The molecule has 0 aromatic heterocycles. The minimum absolute atomic E-state index is 0.0127. The summed E-state index contributed by atoms with van der Waals surface area (Å²) in [7, 11) is 1.35. The highest BCUT2D eigenvalue weighted by Crippen LogP contribution is 2.29. The number of esters is 1. The molecular weight excluding hydrogens is 394 g/mol. The third-order valence-corrected chi connectivity index (χ3v) is 5.79. The van der Waals surface area contributed by atoms with Gasteiger partial charge in [0.2, 0.25) is 5.91 Å². The molecule has 31 heavy (non-hydrogen) atoms. The second-order valence-corrected chi connectivity index (χ2v) is 8.04. The van der Waals surface area contributed by atoms with Crippen LogP contribution in [0.5, 0.6) is 0 Å². The Bertz CT molecular complexity index is 965. The molecule has 0 bridgehead atoms. The van der Waals surface area contributed by atoms with Gasteiger partial charge >= 0.3 is 5.97 Å². The van der Waals surface area contributed by atoms with Crippen LogP contribution < -0.4 is 11.5 Å². The number of nitrogens with two attached hydrogens (primary N) is 2. The van der Waals surface area contributed by atoms with E-state index in [1.807, 2.05) is 24.3 Å². The molecule has 0 spiro atoms. The largest absolute Gasteiger partial charge is 0.465 e. The van der Waals surface area contributed by atoms with Gasteiger partial charge < -0.3 is 20.9 Å². The molecule has 0 aliphatic heterocycles. The lowest BCUT2D eigenvalue weighted by atomic mass is 9.82. The number of rotatable bonds is 8. The van der Waals surface area contributed by atoms with Crippen LogP contribution >= 0.6 is 0 Å². The minimum atomic E-state index is -0.421. The molecule has 1 aliphatic carbocycles. The fourth-order valence-electron chi connectivity index (χ4n) is 4.00. The van der Waals surface area contributed by atoms with Gasteiger partial charge in [-0.05, 0) is 72.6 Å². The van der Waals surface area contributed by atoms with E-state index < -0.39 is 5.97 Å². The molecule has 1 saturated carbocycles. The quantitative estimate of drug-likeness (QED) is 0.341. The number of hydrogen-bond acceptors (Lipinski definition) is 5. The van der Waals surface area contributed by atoms with Crippen LogP contribution in [0, 0.1) is 17.2 Å². The zero-order chi connectivity index (χ0) is 22.4. The van der Waals surface area contributed by atoms with Crippen molar-refractivity contribution in [3.05, 3.63) is 59.2 Å². The van der Waals surface area contributed by atoms with Gasteiger partial charge in [-0.2, -0.15) is 0 Å². The first kappa shape index (κ1) is 22.5. The molecule has 0 saturated heterocycles. The van der Waals surface area contributed by atoms with Gasteiger partial charge in [0.1, 0.15) is 5.84 Å². The molecule has 7 nitrogen and oxygen atoms in total. The average Bonchev–Trinajstić information content (AvgIpc) is 2.78. The molecular formula is C24H29N3O4. The van der Waals surface area contributed by atoms with Gasteiger partial charge in [-0.15, -0.1) is 0 Å².